The summed E-state index contributed by atoms with van der Waals surface area (Å²) in [5.41, 5.74) is 0. The Labute approximate surface area is 73.7 Å². The van der Waals surface area contributed by atoms with Crippen molar-refractivity contribution in [2.45, 2.75) is 32.3 Å². The number of rotatable bonds is 6. The third-order valence-electron chi connectivity index (χ3n) is 1.45. The molecule has 0 aromatic rings. The highest BCUT2D eigenvalue weighted by Crippen LogP contribution is 2.08. The van der Waals surface area contributed by atoms with Crippen LogP contribution in [0.5, 0.6) is 0 Å². The second kappa shape index (κ2) is 5.50. The summed E-state index contributed by atoms with van der Waals surface area (Å²) in [7, 11) is -3.35. The van der Waals surface area contributed by atoms with Gasteiger partial charge in [0.05, 0.1) is 12.4 Å². The predicted molar refractivity (Wildman–Crippen MR) is 46.3 cm³/mol. The molecule has 0 heterocycles. The van der Waals surface area contributed by atoms with Crippen LogP contribution in [0.1, 0.15) is 26.2 Å². The van der Waals surface area contributed by atoms with Gasteiger partial charge in [0.1, 0.15) is 0 Å². The van der Waals surface area contributed by atoms with Gasteiger partial charge in [-0.15, -0.1) is 0 Å². The number of hydrogen-bond acceptors (Lipinski definition) is 4. The minimum atomic E-state index is -3.35. The van der Waals surface area contributed by atoms with Crippen molar-refractivity contribution in [3.63, 3.8) is 0 Å². The van der Waals surface area contributed by atoms with E-state index in [1.807, 2.05) is 6.92 Å². The highest BCUT2D eigenvalue weighted by atomic mass is 32.2. The van der Waals surface area contributed by atoms with Crippen molar-refractivity contribution in [1.82, 2.24) is 0 Å². The molecule has 4 nitrogen and oxygen atoms in total. The van der Waals surface area contributed by atoms with Crippen LogP contribution in [-0.4, -0.2) is 32.5 Å². The van der Waals surface area contributed by atoms with Crippen LogP contribution in [0.25, 0.3) is 0 Å². The molecule has 0 saturated carbocycles. The van der Waals surface area contributed by atoms with E-state index in [0.29, 0.717) is 19.3 Å². The Kier molecular flexibility index (Phi) is 5.44. The van der Waals surface area contributed by atoms with E-state index in [0.717, 1.165) is 6.26 Å². The van der Waals surface area contributed by atoms with Gasteiger partial charge in [-0.1, -0.05) is 6.92 Å². The molecule has 0 spiro atoms. The average Bonchev–Trinajstić information content (AvgIpc) is 1.95. The quantitative estimate of drug-likeness (QED) is 0.629. The minimum Gasteiger partial charge on any atom is -0.396 e. The molecule has 0 aliphatic heterocycles. The molecule has 0 rings (SSSR count). The minimum absolute atomic E-state index is 0.0730. The van der Waals surface area contributed by atoms with E-state index in [1.54, 1.807) is 0 Å². The van der Waals surface area contributed by atoms with Gasteiger partial charge in [-0.25, -0.2) is 0 Å². The lowest BCUT2D eigenvalue weighted by atomic mass is 10.2. The van der Waals surface area contributed by atoms with Crippen LogP contribution < -0.4 is 0 Å². The summed E-state index contributed by atoms with van der Waals surface area (Å²) in [4.78, 5) is 0. The van der Waals surface area contributed by atoms with Gasteiger partial charge < -0.3 is 5.11 Å². The summed E-state index contributed by atoms with van der Waals surface area (Å²) in [6, 6.07) is 0. The van der Waals surface area contributed by atoms with Gasteiger partial charge in [-0.2, -0.15) is 8.42 Å². The van der Waals surface area contributed by atoms with Gasteiger partial charge >= 0.3 is 0 Å². The smallest absolute Gasteiger partial charge is 0.264 e. The van der Waals surface area contributed by atoms with E-state index < -0.39 is 10.1 Å². The van der Waals surface area contributed by atoms with Crippen molar-refractivity contribution in [3.05, 3.63) is 0 Å². The van der Waals surface area contributed by atoms with E-state index in [4.69, 9.17) is 9.29 Å². The Morgan fingerprint density at radius 3 is 2.42 bits per heavy atom. The summed E-state index contributed by atoms with van der Waals surface area (Å²) in [6.45, 7) is 1.93. The van der Waals surface area contributed by atoms with Crippen molar-refractivity contribution >= 4 is 10.1 Å². The summed E-state index contributed by atoms with van der Waals surface area (Å²) in [5, 5.41) is 8.50. The molecule has 0 amide bonds. The van der Waals surface area contributed by atoms with Gasteiger partial charge in [0.2, 0.25) is 0 Å². The molecule has 74 valence electrons. The topological polar surface area (TPSA) is 63.6 Å². The zero-order valence-corrected chi connectivity index (χ0v) is 8.30. The van der Waals surface area contributed by atoms with Gasteiger partial charge in [0.15, 0.2) is 0 Å². The molecular formula is C7H16O4S. The first-order chi connectivity index (χ1) is 5.49. The van der Waals surface area contributed by atoms with E-state index in [2.05, 4.69) is 0 Å². The fourth-order valence-electron chi connectivity index (χ4n) is 0.886. The molecule has 5 heteroatoms. The zero-order chi connectivity index (χ0) is 9.61. The Balaban J connectivity index is 3.83. The Morgan fingerprint density at radius 1 is 1.50 bits per heavy atom. The van der Waals surface area contributed by atoms with Crippen LogP contribution in [0.15, 0.2) is 0 Å². The van der Waals surface area contributed by atoms with Gasteiger partial charge in [0.25, 0.3) is 10.1 Å². The highest BCUT2D eigenvalue weighted by Gasteiger charge is 2.12. The first kappa shape index (κ1) is 11.9. The standard InChI is InChI=1S/C7H16O4S/c1-3-7(5-4-6-8)11-12(2,9)10/h7-8H,3-6H2,1-2H3. The summed E-state index contributed by atoms with van der Waals surface area (Å²) >= 11 is 0. The maximum atomic E-state index is 10.7. The zero-order valence-electron chi connectivity index (χ0n) is 7.49. The maximum Gasteiger partial charge on any atom is 0.264 e. The average molecular weight is 196 g/mol. The van der Waals surface area contributed by atoms with E-state index in [9.17, 15) is 8.42 Å². The van der Waals surface area contributed by atoms with Gasteiger partial charge in [0, 0.05) is 6.61 Å². The number of hydrogen-bond donors (Lipinski definition) is 1. The second-order valence-corrected chi connectivity index (χ2v) is 4.30. The lowest BCUT2D eigenvalue weighted by Crippen LogP contribution is -2.16. The molecule has 0 aliphatic carbocycles. The molecule has 0 radical (unpaired) electrons. The second-order valence-electron chi connectivity index (χ2n) is 2.70. The molecule has 0 bridgehead atoms. The molecule has 1 unspecified atom stereocenters. The maximum absolute atomic E-state index is 10.7. The summed E-state index contributed by atoms with van der Waals surface area (Å²) in [5.74, 6) is 0. The molecule has 0 aromatic heterocycles. The van der Waals surface area contributed by atoms with Crippen molar-refractivity contribution < 1.29 is 17.7 Å². The van der Waals surface area contributed by atoms with Crippen molar-refractivity contribution in [3.8, 4) is 0 Å². The molecule has 0 aliphatic rings. The van der Waals surface area contributed by atoms with Crippen LogP contribution in [0.2, 0.25) is 0 Å². The molecule has 12 heavy (non-hydrogen) atoms. The Hall–Kier alpha value is -0.130. The van der Waals surface area contributed by atoms with Crippen LogP contribution in [0, 0.1) is 0 Å². The Bertz CT molecular complexity index is 197. The van der Waals surface area contributed by atoms with Gasteiger partial charge in [-0.05, 0) is 19.3 Å². The summed E-state index contributed by atoms with van der Waals surface area (Å²) < 4.78 is 26.1. The normalized spacial score (nSPS) is 14.6. The SMILES string of the molecule is CCC(CCCO)OS(C)(=O)=O. The van der Waals surface area contributed by atoms with E-state index >= 15 is 0 Å². The van der Waals surface area contributed by atoms with Crippen molar-refractivity contribution in [2.24, 2.45) is 0 Å². The fourth-order valence-corrected chi connectivity index (χ4v) is 1.61. The molecule has 0 fully saturated rings. The van der Waals surface area contributed by atoms with E-state index in [-0.39, 0.29) is 12.7 Å². The van der Waals surface area contributed by atoms with Crippen LogP contribution in [0.4, 0.5) is 0 Å². The third kappa shape index (κ3) is 6.57. The van der Waals surface area contributed by atoms with E-state index in [1.165, 1.54) is 0 Å². The monoisotopic (exact) mass is 196 g/mol. The first-order valence-electron chi connectivity index (χ1n) is 3.98. The first-order valence-corrected chi connectivity index (χ1v) is 5.80. The summed E-state index contributed by atoms with van der Waals surface area (Å²) in [6.07, 6.45) is 2.56. The van der Waals surface area contributed by atoms with Crippen LogP contribution in [0.3, 0.4) is 0 Å². The van der Waals surface area contributed by atoms with Crippen molar-refractivity contribution in [1.29, 1.82) is 0 Å². The fraction of sp³-hybridized carbons (Fsp3) is 1.00. The third-order valence-corrected chi connectivity index (χ3v) is 2.07. The number of aliphatic hydroxyl groups is 1. The largest absolute Gasteiger partial charge is 0.396 e. The highest BCUT2D eigenvalue weighted by molar-refractivity contribution is 7.86. The van der Waals surface area contributed by atoms with Crippen molar-refractivity contribution in [2.75, 3.05) is 12.9 Å². The Morgan fingerprint density at radius 2 is 2.08 bits per heavy atom. The lowest BCUT2D eigenvalue weighted by molar-refractivity contribution is 0.177. The van der Waals surface area contributed by atoms with Crippen LogP contribution in [-0.2, 0) is 14.3 Å². The molecule has 1 atom stereocenters. The van der Waals surface area contributed by atoms with Gasteiger partial charge in [-0.3, -0.25) is 4.18 Å². The molecule has 0 aromatic carbocycles. The molecule has 0 saturated heterocycles. The lowest BCUT2D eigenvalue weighted by Gasteiger charge is -2.12. The molecule has 1 N–H and O–H groups in total. The predicted octanol–water partition coefficient (Wildman–Crippen LogP) is 0.514. The van der Waals surface area contributed by atoms with Crippen LogP contribution >= 0.6 is 0 Å². The number of aliphatic hydroxyl groups excluding tert-OH is 1. The molecular weight excluding hydrogens is 180 g/mol.